The van der Waals surface area contributed by atoms with Gasteiger partial charge in [0, 0.05) is 18.8 Å². The van der Waals surface area contributed by atoms with Gasteiger partial charge in [0.15, 0.2) is 0 Å². The highest BCUT2D eigenvalue weighted by Crippen LogP contribution is 2.35. The summed E-state index contributed by atoms with van der Waals surface area (Å²) < 4.78 is 38.2. The van der Waals surface area contributed by atoms with Crippen LogP contribution in [0.25, 0.3) is 0 Å². The molecule has 0 aromatic heterocycles. The maximum absolute atomic E-state index is 12.7. The molecule has 5 heteroatoms. The summed E-state index contributed by atoms with van der Waals surface area (Å²) in [6.07, 6.45) is -2.47. The van der Waals surface area contributed by atoms with Gasteiger partial charge < -0.3 is 4.90 Å². The molecule has 0 aliphatic carbocycles. The molecule has 0 bridgehead atoms. The minimum absolute atomic E-state index is 0.319. The molecule has 1 heterocycles. The zero-order chi connectivity index (χ0) is 12.5. The van der Waals surface area contributed by atoms with E-state index in [1.54, 1.807) is 12.1 Å². The zero-order valence-electron chi connectivity index (χ0n) is 9.09. The smallest absolute Gasteiger partial charge is 0.372 e. The fraction of sp³-hybridized carbons (Fsp3) is 0.417. The van der Waals surface area contributed by atoms with Gasteiger partial charge in [0.1, 0.15) is 0 Å². The summed E-state index contributed by atoms with van der Waals surface area (Å²) in [4.78, 5) is 1.91. The Kier molecular flexibility index (Phi) is 2.97. The van der Waals surface area contributed by atoms with Crippen molar-refractivity contribution >= 4 is 5.69 Å². The predicted octanol–water partition coefficient (Wildman–Crippen LogP) is 3.18. The number of nitriles is 1. The van der Waals surface area contributed by atoms with Crippen molar-refractivity contribution in [2.75, 3.05) is 18.0 Å². The molecule has 0 N–H and O–H groups in total. The van der Waals surface area contributed by atoms with Crippen LogP contribution in [0.15, 0.2) is 18.2 Å². The number of rotatable bonds is 1. The second-order valence-corrected chi connectivity index (χ2v) is 4.03. The summed E-state index contributed by atoms with van der Waals surface area (Å²) in [6, 6.07) is 5.48. The Morgan fingerprint density at radius 2 is 1.82 bits per heavy atom. The van der Waals surface area contributed by atoms with Gasteiger partial charge >= 0.3 is 6.18 Å². The Balaban J connectivity index is 2.42. The van der Waals surface area contributed by atoms with Gasteiger partial charge in [-0.15, -0.1) is 0 Å². The van der Waals surface area contributed by atoms with Crippen LogP contribution in [0.3, 0.4) is 0 Å². The Labute approximate surface area is 97.3 Å². The van der Waals surface area contributed by atoms with Crippen LogP contribution in [-0.2, 0) is 6.18 Å². The van der Waals surface area contributed by atoms with Crippen molar-refractivity contribution in [2.24, 2.45) is 0 Å². The minimum atomic E-state index is -4.47. The summed E-state index contributed by atoms with van der Waals surface area (Å²) in [5, 5.41) is 8.67. The van der Waals surface area contributed by atoms with Gasteiger partial charge in [-0.05, 0) is 31.0 Å². The van der Waals surface area contributed by atoms with Crippen LogP contribution in [0.1, 0.15) is 24.0 Å². The SMILES string of the molecule is N#Cc1ccc(N2CCCC2)cc1C(F)(F)F. The van der Waals surface area contributed by atoms with E-state index in [-0.39, 0.29) is 5.56 Å². The van der Waals surface area contributed by atoms with Crippen molar-refractivity contribution in [1.29, 1.82) is 5.26 Å². The molecule has 1 aromatic carbocycles. The normalized spacial score (nSPS) is 16.0. The minimum Gasteiger partial charge on any atom is -0.372 e. The highest BCUT2D eigenvalue weighted by molar-refractivity contribution is 5.55. The highest BCUT2D eigenvalue weighted by atomic mass is 19.4. The van der Waals surface area contributed by atoms with Gasteiger partial charge in [-0.1, -0.05) is 0 Å². The van der Waals surface area contributed by atoms with Crippen LogP contribution in [0.2, 0.25) is 0 Å². The molecule has 1 aliphatic heterocycles. The number of anilines is 1. The molecule has 0 saturated carbocycles. The third-order valence-corrected chi connectivity index (χ3v) is 2.90. The molecule has 0 spiro atoms. The molecule has 1 saturated heterocycles. The van der Waals surface area contributed by atoms with Crippen molar-refractivity contribution in [3.05, 3.63) is 29.3 Å². The van der Waals surface area contributed by atoms with E-state index in [9.17, 15) is 13.2 Å². The largest absolute Gasteiger partial charge is 0.417 e. The predicted molar refractivity (Wildman–Crippen MR) is 57.6 cm³/mol. The average Bonchev–Trinajstić information content (AvgIpc) is 2.80. The maximum atomic E-state index is 12.7. The lowest BCUT2D eigenvalue weighted by Crippen LogP contribution is -2.19. The first-order valence-electron chi connectivity index (χ1n) is 5.38. The van der Waals surface area contributed by atoms with Crippen LogP contribution in [0.4, 0.5) is 18.9 Å². The molecular weight excluding hydrogens is 229 g/mol. The third kappa shape index (κ3) is 2.36. The maximum Gasteiger partial charge on any atom is 0.417 e. The monoisotopic (exact) mass is 240 g/mol. The van der Waals surface area contributed by atoms with Crippen molar-refractivity contribution in [1.82, 2.24) is 0 Å². The van der Waals surface area contributed by atoms with E-state index >= 15 is 0 Å². The summed E-state index contributed by atoms with van der Waals surface area (Å²) >= 11 is 0. The number of halogens is 3. The highest BCUT2D eigenvalue weighted by Gasteiger charge is 2.34. The Bertz CT molecular complexity index is 454. The summed E-state index contributed by atoms with van der Waals surface area (Å²) in [5.41, 5.74) is -0.612. The van der Waals surface area contributed by atoms with Crippen molar-refractivity contribution < 1.29 is 13.2 Å². The van der Waals surface area contributed by atoms with E-state index in [4.69, 9.17) is 5.26 Å². The lowest BCUT2D eigenvalue weighted by molar-refractivity contribution is -0.137. The Hall–Kier alpha value is -1.70. The fourth-order valence-corrected chi connectivity index (χ4v) is 2.04. The van der Waals surface area contributed by atoms with Crippen LogP contribution in [0, 0.1) is 11.3 Å². The van der Waals surface area contributed by atoms with E-state index in [1.165, 1.54) is 6.07 Å². The molecule has 1 aromatic rings. The summed E-state index contributed by atoms with van der Waals surface area (Å²) in [6.45, 7) is 1.56. The van der Waals surface area contributed by atoms with Crippen molar-refractivity contribution in [3.8, 4) is 6.07 Å². The van der Waals surface area contributed by atoms with E-state index < -0.39 is 11.7 Å². The average molecular weight is 240 g/mol. The van der Waals surface area contributed by atoms with E-state index in [2.05, 4.69) is 0 Å². The van der Waals surface area contributed by atoms with Crippen LogP contribution >= 0.6 is 0 Å². The molecule has 0 unspecified atom stereocenters. The number of hydrogen-bond acceptors (Lipinski definition) is 2. The van der Waals surface area contributed by atoms with Crippen LogP contribution in [-0.4, -0.2) is 13.1 Å². The van der Waals surface area contributed by atoms with Crippen molar-refractivity contribution in [3.63, 3.8) is 0 Å². The Morgan fingerprint density at radius 1 is 1.18 bits per heavy atom. The molecule has 0 amide bonds. The lowest BCUT2D eigenvalue weighted by Gasteiger charge is -2.19. The molecule has 2 rings (SSSR count). The molecular formula is C12H11F3N2. The Morgan fingerprint density at radius 3 is 2.35 bits per heavy atom. The van der Waals surface area contributed by atoms with E-state index in [1.807, 2.05) is 4.90 Å². The molecule has 2 nitrogen and oxygen atoms in total. The molecule has 1 fully saturated rings. The molecule has 1 aliphatic rings. The van der Waals surface area contributed by atoms with Gasteiger partial charge in [0.25, 0.3) is 0 Å². The van der Waals surface area contributed by atoms with Crippen LogP contribution < -0.4 is 4.90 Å². The fourth-order valence-electron chi connectivity index (χ4n) is 2.04. The second-order valence-electron chi connectivity index (χ2n) is 4.03. The zero-order valence-corrected chi connectivity index (χ0v) is 9.09. The van der Waals surface area contributed by atoms with Crippen molar-refractivity contribution in [2.45, 2.75) is 19.0 Å². The summed E-state index contributed by atoms with van der Waals surface area (Å²) in [5.74, 6) is 0. The van der Waals surface area contributed by atoms with Crippen LogP contribution in [0.5, 0.6) is 0 Å². The first-order chi connectivity index (χ1) is 8.02. The first-order valence-corrected chi connectivity index (χ1v) is 5.38. The van der Waals surface area contributed by atoms with Gasteiger partial charge in [-0.3, -0.25) is 0 Å². The number of nitrogens with zero attached hydrogens (tertiary/aromatic N) is 2. The quantitative estimate of drug-likeness (QED) is 0.753. The van der Waals surface area contributed by atoms with Gasteiger partial charge in [-0.2, -0.15) is 18.4 Å². The molecule has 17 heavy (non-hydrogen) atoms. The van der Waals surface area contributed by atoms with E-state index in [0.717, 1.165) is 32.0 Å². The van der Waals surface area contributed by atoms with E-state index in [0.29, 0.717) is 5.69 Å². The second kappa shape index (κ2) is 4.28. The number of hydrogen-bond donors (Lipinski definition) is 0. The standard InChI is InChI=1S/C12H11F3N2/c13-12(14,15)11-7-10(4-3-9(11)8-16)17-5-1-2-6-17/h3-4,7H,1-2,5-6H2. The van der Waals surface area contributed by atoms with Gasteiger partial charge in [0.05, 0.1) is 17.2 Å². The number of alkyl halides is 3. The topological polar surface area (TPSA) is 27.0 Å². The molecule has 0 atom stereocenters. The number of benzene rings is 1. The third-order valence-electron chi connectivity index (χ3n) is 2.90. The van der Waals surface area contributed by atoms with Gasteiger partial charge in [0.2, 0.25) is 0 Å². The molecule has 90 valence electrons. The lowest BCUT2D eigenvalue weighted by atomic mass is 10.1. The summed E-state index contributed by atoms with van der Waals surface area (Å²) in [7, 11) is 0. The first kappa shape index (κ1) is 11.8. The molecule has 0 radical (unpaired) electrons. The van der Waals surface area contributed by atoms with Gasteiger partial charge in [-0.25, -0.2) is 0 Å².